The zero-order valence-electron chi connectivity index (χ0n) is 11.0. The second kappa shape index (κ2) is 7.33. The molecule has 8 heteroatoms. The zero-order chi connectivity index (χ0) is 16.0. The van der Waals surface area contributed by atoms with Crippen LogP contribution in [0.3, 0.4) is 0 Å². The molecule has 0 unspecified atom stereocenters. The molecule has 1 rings (SSSR count). The van der Waals surface area contributed by atoms with Crippen molar-refractivity contribution in [3.8, 4) is 6.07 Å². The van der Waals surface area contributed by atoms with Crippen molar-refractivity contribution in [1.82, 2.24) is 0 Å². The lowest BCUT2D eigenvalue weighted by Crippen LogP contribution is -2.12. The number of halogens is 3. The molecule has 0 amide bonds. The van der Waals surface area contributed by atoms with Crippen molar-refractivity contribution >= 4 is 17.7 Å². The number of carbonyl (C=O) groups excluding carboxylic acids is 1. The van der Waals surface area contributed by atoms with E-state index in [1.807, 2.05) is 0 Å². The highest BCUT2D eigenvalue weighted by atomic mass is 32.2. The van der Waals surface area contributed by atoms with Crippen molar-refractivity contribution in [3.63, 3.8) is 0 Å². The van der Waals surface area contributed by atoms with Crippen LogP contribution in [0.2, 0.25) is 0 Å². The largest absolute Gasteiger partial charge is 0.466 e. The van der Waals surface area contributed by atoms with Crippen molar-refractivity contribution in [2.24, 2.45) is 0 Å². The van der Waals surface area contributed by atoms with E-state index in [2.05, 4.69) is 0 Å². The van der Waals surface area contributed by atoms with Crippen LogP contribution in [0.1, 0.15) is 23.6 Å². The number of hydrogen-bond acceptors (Lipinski definition) is 5. The van der Waals surface area contributed by atoms with E-state index in [1.54, 1.807) is 13.0 Å². The number of nitriles is 1. The van der Waals surface area contributed by atoms with Gasteiger partial charge in [0.2, 0.25) is 0 Å². The summed E-state index contributed by atoms with van der Waals surface area (Å²) in [5.74, 6) is -0.669. The van der Waals surface area contributed by atoms with Gasteiger partial charge in [-0.05, 0) is 35.9 Å². The fourth-order valence-corrected chi connectivity index (χ4v) is 2.36. The number of aliphatic hydroxyl groups excluding tert-OH is 1. The van der Waals surface area contributed by atoms with E-state index in [0.29, 0.717) is 0 Å². The predicted octanol–water partition coefficient (Wildman–Crippen LogP) is 2.77. The van der Waals surface area contributed by atoms with E-state index in [1.165, 1.54) is 6.07 Å². The summed E-state index contributed by atoms with van der Waals surface area (Å²) in [6.45, 7) is 1.22. The van der Waals surface area contributed by atoms with Crippen LogP contribution >= 0.6 is 11.8 Å². The average Bonchev–Trinajstić information content (AvgIpc) is 2.37. The molecule has 0 saturated carbocycles. The fraction of sp³-hybridized carbons (Fsp3) is 0.385. The minimum Gasteiger partial charge on any atom is -0.466 e. The van der Waals surface area contributed by atoms with E-state index < -0.39 is 29.8 Å². The first kappa shape index (κ1) is 17.3. The van der Waals surface area contributed by atoms with Gasteiger partial charge in [-0.15, -0.1) is 0 Å². The Balaban J connectivity index is 3.27. The Bertz CT molecular complexity index is 567. The molecule has 21 heavy (non-hydrogen) atoms. The molecule has 0 radical (unpaired) electrons. The molecular formula is C13H12F3NO3S. The van der Waals surface area contributed by atoms with Crippen LogP contribution in [0.25, 0.3) is 0 Å². The summed E-state index contributed by atoms with van der Waals surface area (Å²) < 4.78 is 42.1. The summed E-state index contributed by atoms with van der Waals surface area (Å²) in [4.78, 5) is 11.2. The quantitative estimate of drug-likeness (QED) is 0.667. The zero-order valence-corrected chi connectivity index (χ0v) is 11.8. The van der Waals surface area contributed by atoms with Gasteiger partial charge in [0.1, 0.15) is 6.07 Å². The van der Waals surface area contributed by atoms with Crippen molar-refractivity contribution in [2.75, 3.05) is 6.61 Å². The number of benzene rings is 1. The van der Waals surface area contributed by atoms with E-state index in [9.17, 15) is 23.1 Å². The molecule has 1 N–H and O–H groups in total. The number of rotatable bonds is 5. The van der Waals surface area contributed by atoms with Crippen LogP contribution in [0.15, 0.2) is 17.0 Å². The highest BCUT2D eigenvalue weighted by molar-refractivity contribution is 8.00. The van der Waals surface area contributed by atoms with Crippen molar-refractivity contribution < 1.29 is 27.8 Å². The van der Waals surface area contributed by atoms with Crippen LogP contribution in [0.4, 0.5) is 13.2 Å². The van der Waals surface area contributed by atoms with Gasteiger partial charge in [-0.3, -0.25) is 4.79 Å². The van der Waals surface area contributed by atoms with Gasteiger partial charge in [0.25, 0.3) is 0 Å². The highest BCUT2D eigenvalue weighted by Crippen LogP contribution is 2.39. The molecule has 114 valence electrons. The monoisotopic (exact) mass is 319 g/mol. The first-order chi connectivity index (χ1) is 9.82. The normalized spacial score (nSPS) is 11.0. The second-order valence-corrected chi connectivity index (χ2v) is 4.98. The number of ether oxygens (including phenoxy) is 1. The third kappa shape index (κ3) is 4.95. The molecule has 4 nitrogen and oxygen atoms in total. The minimum absolute atomic E-state index is 0.0627. The summed E-state index contributed by atoms with van der Waals surface area (Å²) in [7, 11) is 0. The third-order valence-corrected chi connectivity index (χ3v) is 3.30. The molecule has 0 aliphatic carbocycles. The van der Waals surface area contributed by atoms with Gasteiger partial charge in [0.05, 0.1) is 25.2 Å². The summed E-state index contributed by atoms with van der Waals surface area (Å²) >= 11 is -0.431. The maximum atomic E-state index is 12.5. The number of hydrogen-bond donors (Lipinski definition) is 1. The Labute approximate surface area is 123 Å². The standard InChI is InChI=1S/C13H12F3NO3S/c1-2-20-12(19)5-9-8(7-18)3-4-11(10(9)6-17)21-13(14,15)16/h3-4,18H,2,5,7H2,1H3. The van der Waals surface area contributed by atoms with Crippen molar-refractivity contribution in [2.45, 2.75) is 30.4 Å². The van der Waals surface area contributed by atoms with Crippen LogP contribution in [0.5, 0.6) is 0 Å². The molecule has 0 aliphatic rings. The van der Waals surface area contributed by atoms with E-state index in [0.717, 1.165) is 6.07 Å². The van der Waals surface area contributed by atoms with Crippen molar-refractivity contribution in [1.29, 1.82) is 5.26 Å². The molecule has 0 saturated heterocycles. The molecule has 0 aromatic heterocycles. The molecule has 0 spiro atoms. The minimum atomic E-state index is -4.55. The van der Waals surface area contributed by atoms with Gasteiger partial charge in [0, 0.05) is 4.90 Å². The first-order valence-corrected chi connectivity index (χ1v) is 6.71. The first-order valence-electron chi connectivity index (χ1n) is 5.89. The van der Waals surface area contributed by atoms with E-state index >= 15 is 0 Å². The lowest BCUT2D eigenvalue weighted by atomic mass is 9.99. The summed E-state index contributed by atoms with van der Waals surface area (Å²) in [5, 5.41) is 18.3. The number of alkyl halides is 3. The summed E-state index contributed by atoms with van der Waals surface area (Å²) in [6.07, 6.45) is -0.362. The maximum absolute atomic E-state index is 12.5. The molecule has 0 aliphatic heterocycles. The van der Waals surface area contributed by atoms with Gasteiger partial charge in [0.15, 0.2) is 0 Å². The SMILES string of the molecule is CCOC(=O)Cc1c(CO)ccc(SC(F)(F)F)c1C#N. The molecular weight excluding hydrogens is 307 g/mol. The molecule has 1 aromatic rings. The van der Waals surface area contributed by atoms with Gasteiger partial charge < -0.3 is 9.84 Å². The summed E-state index contributed by atoms with van der Waals surface area (Å²) in [5.41, 5.74) is -4.52. The second-order valence-electron chi connectivity index (χ2n) is 3.88. The lowest BCUT2D eigenvalue weighted by molar-refractivity contribution is -0.142. The Morgan fingerprint density at radius 2 is 2.14 bits per heavy atom. The topological polar surface area (TPSA) is 70.3 Å². The Morgan fingerprint density at radius 3 is 2.62 bits per heavy atom. The Morgan fingerprint density at radius 1 is 1.48 bits per heavy atom. The number of aliphatic hydroxyl groups is 1. The third-order valence-electron chi connectivity index (χ3n) is 2.51. The smallest absolute Gasteiger partial charge is 0.446 e. The van der Waals surface area contributed by atoms with Gasteiger partial charge in [-0.25, -0.2) is 0 Å². The highest BCUT2D eigenvalue weighted by Gasteiger charge is 2.31. The maximum Gasteiger partial charge on any atom is 0.446 e. The predicted molar refractivity (Wildman–Crippen MR) is 69.3 cm³/mol. The Kier molecular flexibility index (Phi) is 6.05. The molecule has 0 bridgehead atoms. The van der Waals surface area contributed by atoms with Crippen LogP contribution in [-0.2, 0) is 22.6 Å². The fourth-order valence-electron chi connectivity index (χ4n) is 1.71. The van der Waals surface area contributed by atoms with Crippen LogP contribution in [0, 0.1) is 11.3 Å². The number of carbonyl (C=O) groups is 1. The van der Waals surface area contributed by atoms with Gasteiger partial charge >= 0.3 is 11.5 Å². The average molecular weight is 319 g/mol. The van der Waals surface area contributed by atoms with Crippen molar-refractivity contribution in [3.05, 3.63) is 28.8 Å². The molecule has 0 fully saturated rings. The van der Waals surface area contributed by atoms with E-state index in [4.69, 9.17) is 10.00 Å². The number of nitrogens with zero attached hydrogens (tertiary/aromatic N) is 1. The van der Waals surface area contributed by atoms with Crippen LogP contribution < -0.4 is 0 Å². The number of thioether (sulfide) groups is 1. The molecule has 0 atom stereocenters. The summed E-state index contributed by atoms with van der Waals surface area (Å²) in [6, 6.07) is 4.04. The molecule has 0 heterocycles. The van der Waals surface area contributed by atoms with Gasteiger partial charge in [-0.2, -0.15) is 18.4 Å². The van der Waals surface area contributed by atoms with Crippen LogP contribution in [-0.4, -0.2) is 23.2 Å². The lowest BCUT2D eigenvalue weighted by Gasteiger charge is -2.14. The molecule has 1 aromatic carbocycles. The number of esters is 1. The Hall–Kier alpha value is -1.72. The van der Waals surface area contributed by atoms with E-state index in [-0.39, 0.29) is 34.6 Å². The van der Waals surface area contributed by atoms with Gasteiger partial charge in [-0.1, -0.05) is 6.07 Å².